The third-order valence-electron chi connectivity index (χ3n) is 5.00. The van der Waals surface area contributed by atoms with Crippen LogP contribution in [0.2, 0.25) is 0 Å². The maximum atomic E-state index is 12.6. The number of likely N-dealkylation sites (N-methyl/N-ethyl adjacent to an activating group) is 1. The van der Waals surface area contributed by atoms with Crippen molar-refractivity contribution in [2.45, 2.75) is 10.3 Å². The van der Waals surface area contributed by atoms with E-state index in [2.05, 4.69) is 50.7 Å². The first-order valence-corrected chi connectivity index (χ1v) is 11.5. The van der Waals surface area contributed by atoms with Gasteiger partial charge in [-0.3, -0.25) is 4.90 Å². The largest absolute Gasteiger partial charge is 0.378 e. The van der Waals surface area contributed by atoms with Crippen LogP contribution in [0.5, 0.6) is 0 Å². The molecule has 0 unspecified atom stereocenters. The molecule has 6 nitrogen and oxygen atoms in total. The predicted octanol–water partition coefficient (Wildman–Crippen LogP) is 2.08. The summed E-state index contributed by atoms with van der Waals surface area (Å²) in [4.78, 5) is 6.74. The van der Waals surface area contributed by atoms with Crippen LogP contribution in [0, 0.1) is 0 Å². The van der Waals surface area contributed by atoms with Gasteiger partial charge in [0.1, 0.15) is 4.21 Å². The molecule has 1 aromatic carbocycles. The Morgan fingerprint density at radius 3 is 2.33 bits per heavy atom. The van der Waals surface area contributed by atoms with Gasteiger partial charge in [-0.2, -0.15) is 0 Å². The van der Waals surface area contributed by atoms with Gasteiger partial charge in [-0.05, 0) is 36.2 Å². The van der Waals surface area contributed by atoms with E-state index in [0.717, 1.165) is 37.4 Å². The first kappa shape index (κ1) is 20.3. The fraction of sp³-hybridized carbons (Fsp3) is 0.474. The highest BCUT2D eigenvalue weighted by atomic mass is 32.2. The maximum absolute atomic E-state index is 12.6. The van der Waals surface area contributed by atoms with Gasteiger partial charge in [0.15, 0.2) is 0 Å². The number of piperazine rings is 1. The van der Waals surface area contributed by atoms with Crippen molar-refractivity contribution in [3.05, 3.63) is 47.3 Å². The van der Waals surface area contributed by atoms with Crippen molar-refractivity contribution >= 4 is 27.0 Å². The molecule has 0 radical (unpaired) electrons. The summed E-state index contributed by atoms with van der Waals surface area (Å²) in [6.07, 6.45) is 0. The number of nitrogens with one attached hydrogen (secondary N) is 1. The number of anilines is 1. The van der Waals surface area contributed by atoms with E-state index in [4.69, 9.17) is 0 Å². The number of rotatable bonds is 7. The quantitative estimate of drug-likeness (QED) is 0.760. The topological polar surface area (TPSA) is 55.9 Å². The monoisotopic (exact) mass is 408 g/mol. The summed E-state index contributed by atoms with van der Waals surface area (Å²) in [7, 11) is 2.69. The number of hydrogen-bond acceptors (Lipinski definition) is 6. The molecule has 1 aliphatic heterocycles. The second-order valence-electron chi connectivity index (χ2n) is 7.12. The van der Waals surface area contributed by atoms with Gasteiger partial charge in [0.25, 0.3) is 0 Å². The first-order chi connectivity index (χ1) is 12.9. The van der Waals surface area contributed by atoms with E-state index in [1.165, 1.54) is 11.3 Å². The molecular weight excluding hydrogens is 380 g/mol. The van der Waals surface area contributed by atoms with Crippen LogP contribution in [0.3, 0.4) is 0 Å². The average Bonchev–Trinajstić information content (AvgIpc) is 3.19. The van der Waals surface area contributed by atoms with Crippen molar-refractivity contribution in [2.24, 2.45) is 0 Å². The molecule has 0 aliphatic carbocycles. The lowest BCUT2D eigenvalue weighted by Crippen LogP contribution is -2.48. The van der Waals surface area contributed by atoms with Crippen LogP contribution in [-0.4, -0.2) is 72.1 Å². The Kier molecular flexibility index (Phi) is 6.54. The Balaban J connectivity index is 1.79. The molecule has 1 atom stereocenters. The van der Waals surface area contributed by atoms with Gasteiger partial charge in [0.05, 0.1) is 0 Å². The Hall–Kier alpha value is -1.45. The average molecular weight is 409 g/mol. The lowest BCUT2D eigenvalue weighted by Gasteiger charge is -2.38. The Morgan fingerprint density at radius 1 is 1.11 bits per heavy atom. The number of benzene rings is 1. The van der Waals surface area contributed by atoms with E-state index in [-0.39, 0.29) is 6.04 Å². The highest BCUT2D eigenvalue weighted by Crippen LogP contribution is 2.25. The third kappa shape index (κ3) is 5.08. The minimum Gasteiger partial charge on any atom is -0.378 e. The molecule has 8 heteroatoms. The van der Waals surface area contributed by atoms with Gasteiger partial charge in [-0.25, -0.2) is 13.1 Å². The predicted molar refractivity (Wildman–Crippen MR) is 112 cm³/mol. The molecule has 2 aromatic rings. The van der Waals surface area contributed by atoms with Crippen molar-refractivity contribution in [3.63, 3.8) is 0 Å². The second kappa shape index (κ2) is 8.70. The van der Waals surface area contributed by atoms with E-state index in [1.807, 2.05) is 14.1 Å². The lowest BCUT2D eigenvalue weighted by molar-refractivity contribution is 0.113. The molecule has 148 valence electrons. The minimum atomic E-state index is -3.47. The molecule has 0 saturated carbocycles. The summed E-state index contributed by atoms with van der Waals surface area (Å²) in [6, 6.07) is 11.8. The molecule has 1 fully saturated rings. The van der Waals surface area contributed by atoms with Crippen LogP contribution in [0.4, 0.5) is 5.69 Å². The summed E-state index contributed by atoms with van der Waals surface area (Å²) >= 11 is 1.24. The van der Waals surface area contributed by atoms with Crippen LogP contribution >= 0.6 is 11.3 Å². The smallest absolute Gasteiger partial charge is 0.250 e. The molecule has 0 bridgehead atoms. The normalized spacial score (nSPS) is 17.7. The van der Waals surface area contributed by atoms with Crippen molar-refractivity contribution in [2.75, 3.05) is 58.8 Å². The van der Waals surface area contributed by atoms with Crippen molar-refractivity contribution in [1.82, 2.24) is 14.5 Å². The number of thiophene rings is 1. The molecular formula is C19H28N4O2S2. The molecule has 0 spiro atoms. The maximum Gasteiger partial charge on any atom is 0.250 e. The Morgan fingerprint density at radius 2 is 1.78 bits per heavy atom. The van der Waals surface area contributed by atoms with Gasteiger partial charge in [-0.1, -0.05) is 18.2 Å². The standard InChI is InChI=1S/C19H28N4O2S2/c1-21(2)17-8-6-16(7-9-17)18(23-12-10-22(3)11-13-23)15-20-27(24,25)19-5-4-14-26-19/h4-9,14,18,20H,10-13,15H2,1-3H3/t18-/m1/s1. The Labute approximate surface area is 166 Å². The van der Waals surface area contributed by atoms with Gasteiger partial charge in [-0.15, -0.1) is 11.3 Å². The van der Waals surface area contributed by atoms with Crippen molar-refractivity contribution < 1.29 is 8.42 Å². The highest BCUT2D eigenvalue weighted by molar-refractivity contribution is 7.91. The van der Waals surface area contributed by atoms with E-state index >= 15 is 0 Å². The van der Waals surface area contributed by atoms with Gasteiger partial charge in [0.2, 0.25) is 10.0 Å². The van der Waals surface area contributed by atoms with Crippen molar-refractivity contribution in [3.8, 4) is 0 Å². The molecule has 0 amide bonds. The number of sulfonamides is 1. The summed E-state index contributed by atoms with van der Waals surface area (Å²) in [5.41, 5.74) is 2.27. The summed E-state index contributed by atoms with van der Waals surface area (Å²) in [6.45, 7) is 4.20. The zero-order valence-electron chi connectivity index (χ0n) is 16.1. The van der Waals surface area contributed by atoms with Crippen LogP contribution in [0.15, 0.2) is 46.0 Å². The zero-order chi connectivity index (χ0) is 19.4. The van der Waals surface area contributed by atoms with E-state index in [9.17, 15) is 8.42 Å². The molecule has 3 rings (SSSR count). The molecule has 2 heterocycles. The number of hydrogen-bond donors (Lipinski definition) is 1. The van der Waals surface area contributed by atoms with E-state index < -0.39 is 10.0 Å². The Bertz CT molecular complexity index is 812. The fourth-order valence-corrected chi connectivity index (χ4v) is 5.34. The van der Waals surface area contributed by atoms with Gasteiger partial charge < -0.3 is 9.80 Å². The van der Waals surface area contributed by atoms with E-state index in [0.29, 0.717) is 10.8 Å². The van der Waals surface area contributed by atoms with Crippen LogP contribution < -0.4 is 9.62 Å². The van der Waals surface area contributed by atoms with Gasteiger partial charge in [0, 0.05) is 58.5 Å². The third-order valence-corrected chi connectivity index (χ3v) is 7.82. The zero-order valence-corrected chi connectivity index (χ0v) is 17.8. The first-order valence-electron chi connectivity index (χ1n) is 9.10. The van der Waals surface area contributed by atoms with Crippen LogP contribution in [0.1, 0.15) is 11.6 Å². The van der Waals surface area contributed by atoms with Gasteiger partial charge >= 0.3 is 0 Å². The molecule has 27 heavy (non-hydrogen) atoms. The number of nitrogens with zero attached hydrogens (tertiary/aromatic N) is 3. The SMILES string of the molecule is CN1CCN([C@H](CNS(=O)(=O)c2cccs2)c2ccc(N(C)C)cc2)CC1. The highest BCUT2D eigenvalue weighted by Gasteiger charge is 2.26. The molecule has 1 N–H and O–H groups in total. The molecule has 1 saturated heterocycles. The summed E-state index contributed by atoms with van der Waals surface area (Å²) < 4.78 is 28.3. The van der Waals surface area contributed by atoms with E-state index in [1.54, 1.807) is 17.5 Å². The fourth-order valence-electron chi connectivity index (χ4n) is 3.26. The summed E-state index contributed by atoms with van der Waals surface area (Å²) in [5.74, 6) is 0. The van der Waals surface area contributed by atoms with Crippen molar-refractivity contribution in [1.29, 1.82) is 0 Å². The lowest BCUT2D eigenvalue weighted by atomic mass is 10.0. The van der Waals surface area contributed by atoms with Crippen LogP contribution in [-0.2, 0) is 10.0 Å². The summed E-state index contributed by atoms with van der Waals surface area (Å²) in [5, 5.41) is 1.78. The van der Waals surface area contributed by atoms with Crippen LogP contribution in [0.25, 0.3) is 0 Å². The minimum absolute atomic E-state index is 0.0182. The molecule has 1 aliphatic rings. The molecule has 1 aromatic heterocycles. The second-order valence-corrected chi connectivity index (χ2v) is 10.1.